The second-order valence-electron chi connectivity index (χ2n) is 6.71. The van der Waals surface area contributed by atoms with E-state index in [4.69, 9.17) is 0 Å². The molecule has 1 heterocycles. The van der Waals surface area contributed by atoms with E-state index in [1.807, 2.05) is 12.1 Å². The first-order valence-electron chi connectivity index (χ1n) is 7.57. The number of carbonyl (C=O) groups is 1. The number of fused-ring (bicyclic) bond motifs is 1. The van der Waals surface area contributed by atoms with Crippen molar-refractivity contribution in [1.82, 2.24) is 10.2 Å². The Labute approximate surface area is 133 Å². The predicted molar refractivity (Wildman–Crippen MR) is 84.0 cm³/mol. The number of anilines is 1. The number of hydrogen-bond donors (Lipinski definition) is 2. The Kier molecular flexibility index (Phi) is 3.70. The number of carbonyl (C=O) groups excluding carboxylic acids is 1. The van der Waals surface area contributed by atoms with Crippen molar-refractivity contribution in [3.63, 3.8) is 0 Å². The summed E-state index contributed by atoms with van der Waals surface area (Å²) in [4.78, 5) is 12.4. The molecule has 0 radical (unpaired) electrons. The summed E-state index contributed by atoms with van der Waals surface area (Å²) < 4.78 is 25.8. The van der Waals surface area contributed by atoms with Crippen LogP contribution in [-0.4, -0.2) is 16.1 Å². The Hall–Kier alpha value is -2.24. The zero-order valence-electron chi connectivity index (χ0n) is 13.3. The molecule has 0 bridgehead atoms. The highest BCUT2D eigenvalue weighted by Crippen LogP contribution is 2.48. The van der Waals surface area contributed by atoms with Gasteiger partial charge in [0, 0.05) is 5.69 Å². The Morgan fingerprint density at radius 2 is 2.17 bits per heavy atom. The van der Waals surface area contributed by atoms with Crippen LogP contribution in [0.5, 0.6) is 0 Å². The molecule has 0 saturated carbocycles. The van der Waals surface area contributed by atoms with Crippen molar-refractivity contribution in [2.45, 2.75) is 45.0 Å². The van der Waals surface area contributed by atoms with Gasteiger partial charge in [-0.05, 0) is 34.9 Å². The van der Waals surface area contributed by atoms with E-state index in [0.29, 0.717) is 11.6 Å². The van der Waals surface area contributed by atoms with E-state index in [0.717, 1.165) is 18.2 Å². The number of rotatable bonds is 3. The summed E-state index contributed by atoms with van der Waals surface area (Å²) in [5.41, 5.74) is 2.44. The fourth-order valence-electron chi connectivity index (χ4n) is 3.61. The number of benzene rings is 1. The maximum atomic E-state index is 12.9. The monoisotopic (exact) mass is 319 g/mol. The number of nitrogens with one attached hydrogen (secondary N) is 2. The smallest absolute Gasteiger partial charge is 0.280 e. The number of aromatic nitrogens is 2. The van der Waals surface area contributed by atoms with Gasteiger partial charge in [0.15, 0.2) is 0 Å². The molecule has 0 fully saturated rings. The summed E-state index contributed by atoms with van der Waals surface area (Å²) >= 11 is 0. The highest BCUT2D eigenvalue weighted by molar-refractivity contribution is 6.05. The highest BCUT2D eigenvalue weighted by atomic mass is 19.3. The van der Waals surface area contributed by atoms with Crippen molar-refractivity contribution in [2.75, 3.05) is 5.32 Å². The third kappa shape index (κ3) is 2.62. The molecule has 1 unspecified atom stereocenters. The van der Waals surface area contributed by atoms with E-state index >= 15 is 0 Å². The number of amides is 1. The van der Waals surface area contributed by atoms with Crippen molar-refractivity contribution in [3.05, 3.63) is 46.8 Å². The molecule has 0 saturated heterocycles. The summed E-state index contributed by atoms with van der Waals surface area (Å²) in [6.07, 6.45) is -0.645. The minimum absolute atomic E-state index is 0.0409. The lowest BCUT2D eigenvalue weighted by molar-refractivity contribution is 0.101. The molecule has 0 aliphatic heterocycles. The lowest BCUT2D eigenvalue weighted by Gasteiger charge is -2.19. The first-order chi connectivity index (χ1) is 10.8. The zero-order valence-corrected chi connectivity index (χ0v) is 13.3. The topological polar surface area (TPSA) is 57.8 Å². The van der Waals surface area contributed by atoms with Gasteiger partial charge in [-0.2, -0.15) is 5.10 Å². The molecule has 1 aromatic carbocycles. The second-order valence-corrected chi connectivity index (χ2v) is 6.71. The minimum Gasteiger partial charge on any atom is -0.322 e. The predicted octanol–water partition coefficient (Wildman–Crippen LogP) is 4.38. The molecule has 3 rings (SSSR count). The Bertz CT molecular complexity index is 752. The summed E-state index contributed by atoms with van der Waals surface area (Å²) in [6.45, 7) is 6.46. The quantitative estimate of drug-likeness (QED) is 0.882. The van der Waals surface area contributed by atoms with Crippen LogP contribution in [0.2, 0.25) is 0 Å². The molecular weight excluding hydrogens is 300 g/mol. The fraction of sp³-hybridized carbons (Fsp3) is 0.412. The fourth-order valence-corrected chi connectivity index (χ4v) is 3.61. The van der Waals surface area contributed by atoms with Crippen LogP contribution in [-0.2, 0) is 5.41 Å². The van der Waals surface area contributed by atoms with Gasteiger partial charge in [-0.15, -0.1) is 0 Å². The molecule has 2 N–H and O–H groups in total. The summed E-state index contributed by atoms with van der Waals surface area (Å²) in [5.74, 6) is -0.269. The van der Waals surface area contributed by atoms with Gasteiger partial charge in [0.25, 0.3) is 12.3 Å². The normalized spacial score (nSPS) is 19.0. The number of H-pyrrole nitrogens is 1. The molecule has 6 heteroatoms. The SMILES string of the molecule is CC1CC(C)(C)c2cccc(NC(=O)c3cn[nH]c3C(F)F)c21. The summed E-state index contributed by atoms with van der Waals surface area (Å²) in [6, 6.07) is 5.77. The Balaban J connectivity index is 1.95. The number of hydrogen-bond acceptors (Lipinski definition) is 2. The van der Waals surface area contributed by atoms with Crippen molar-refractivity contribution in [2.24, 2.45) is 0 Å². The maximum Gasteiger partial charge on any atom is 0.280 e. The number of alkyl halides is 2. The Morgan fingerprint density at radius 1 is 1.43 bits per heavy atom. The van der Waals surface area contributed by atoms with Gasteiger partial charge in [0.05, 0.1) is 11.8 Å². The van der Waals surface area contributed by atoms with Gasteiger partial charge >= 0.3 is 0 Å². The second kappa shape index (κ2) is 5.44. The van der Waals surface area contributed by atoms with Crippen molar-refractivity contribution in [3.8, 4) is 0 Å². The van der Waals surface area contributed by atoms with E-state index in [2.05, 4.69) is 42.4 Å². The van der Waals surface area contributed by atoms with Crippen LogP contribution in [0.1, 0.15) is 66.7 Å². The number of nitrogens with zero attached hydrogens (tertiary/aromatic N) is 1. The zero-order chi connectivity index (χ0) is 16.8. The van der Waals surface area contributed by atoms with Gasteiger partial charge in [0.1, 0.15) is 5.69 Å². The average Bonchev–Trinajstić information content (AvgIpc) is 3.03. The molecule has 1 amide bonds. The van der Waals surface area contributed by atoms with Crippen LogP contribution in [0, 0.1) is 0 Å². The van der Waals surface area contributed by atoms with E-state index in [-0.39, 0.29) is 11.0 Å². The molecule has 2 aromatic rings. The van der Waals surface area contributed by atoms with Crippen LogP contribution in [0.4, 0.5) is 14.5 Å². The molecule has 1 aliphatic rings. The van der Waals surface area contributed by atoms with E-state index in [1.165, 1.54) is 5.56 Å². The third-order valence-corrected chi connectivity index (χ3v) is 4.52. The van der Waals surface area contributed by atoms with Crippen LogP contribution in [0.15, 0.2) is 24.4 Å². The third-order valence-electron chi connectivity index (χ3n) is 4.52. The summed E-state index contributed by atoms with van der Waals surface area (Å²) in [7, 11) is 0. The van der Waals surface area contributed by atoms with Crippen LogP contribution >= 0.6 is 0 Å². The van der Waals surface area contributed by atoms with Gasteiger partial charge in [-0.3, -0.25) is 9.89 Å². The van der Waals surface area contributed by atoms with Gasteiger partial charge in [-0.1, -0.05) is 32.9 Å². The Morgan fingerprint density at radius 3 is 2.87 bits per heavy atom. The largest absolute Gasteiger partial charge is 0.322 e. The molecular formula is C17H19F2N3O. The molecule has 122 valence electrons. The van der Waals surface area contributed by atoms with Crippen molar-refractivity contribution < 1.29 is 13.6 Å². The van der Waals surface area contributed by atoms with E-state index in [9.17, 15) is 13.6 Å². The van der Waals surface area contributed by atoms with Crippen LogP contribution in [0.25, 0.3) is 0 Å². The number of halogens is 2. The molecule has 23 heavy (non-hydrogen) atoms. The molecule has 1 atom stereocenters. The van der Waals surface area contributed by atoms with Gasteiger partial charge in [0.2, 0.25) is 0 Å². The van der Waals surface area contributed by atoms with Gasteiger partial charge < -0.3 is 5.32 Å². The van der Waals surface area contributed by atoms with Crippen LogP contribution in [0.3, 0.4) is 0 Å². The van der Waals surface area contributed by atoms with E-state index < -0.39 is 18.0 Å². The van der Waals surface area contributed by atoms with Crippen molar-refractivity contribution >= 4 is 11.6 Å². The van der Waals surface area contributed by atoms with E-state index in [1.54, 1.807) is 0 Å². The highest BCUT2D eigenvalue weighted by Gasteiger charge is 2.36. The molecule has 0 spiro atoms. The average molecular weight is 319 g/mol. The number of aromatic amines is 1. The minimum atomic E-state index is -2.77. The van der Waals surface area contributed by atoms with Crippen molar-refractivity contribution in [1.29, 1.82) is 0 Å². The van der Waals surface area contributed by atoms with Crippen LogP contribution < -0.4 is 5.32 Å². The maximum absolute atomic E-state index is 12.9. The molecule has 1 aromatic heterocycles. The lowest BCUT2D eigenvalue weighted by Crippen LogP contribution is -2.16. The first-order valence-corrected chi connectivity index (χ1v) is 7.57. The lowest BCUT2D eigenvalue weighted by atomic mass is 9.86. The molecule has 4 nitrogen and oxygen atoms in total. The first kappa shape index (κ1) is 15.6. The summed E-state index contributed by atoms with van der Waals surface area (Å²) in [5, 5.41) is 8.51. The standard InChI is InChI=1S/C17H19F2N3O/c1-9-7-17(2,3)11-5-4-6-12(13(9)11)21-16(23)10-8-20-22-14(10)15(18)19/h4-6,8-9,15H,7H2,1-3H3,(H,20,22)(H,21,23). The van der Waals surface area contributed by atoms with Gasteiger partial charge in [-0.25, -0.2) is 8.78 Å². The molecule has 1 aliphatic carbocycles.